The molecule has 0 bridgehead atoms. The monoisotopic (exact) mass is 378 g/mol. The number of hydrogen-bond acceptors (Lipinski definition) is 6. The average molecular weight is 378 g/mol. The van der Waals surface area contributed by atoms with Crippen molar-refractivity contribution in [3.05, 3.63) is 35.9 Å². The number of benzene rings is 1. The molecule has 0 aliphatic heterocycles. The first-order valence-corrected chi connectivity index (χ1v) is 9.08. The average Bonchev–Trinajstić information content (AvgIpc) is 2.57. The van der Waals surface area contributed by atoms with Gasteiger partial charge in [-0.15, -0.1) is 0 Å². The van der Waals surface area contributed by atoms with Crippen molar-refractivity contribution in [2.75, 3.05) is 7.11 Å². The Morgan fingerprint density at radius 3 is 2.07 bits per heavy atom. The second-order valence-corrected chi connectivity index (χ2v) is 7.87. The Hall–Kier alpha value is -2.37. The first-order valence-electron chi connectivity index (χ1n) is 9.08. The van der Waals surface area contributed by atoms with Crippen LogP contribution in [0.2, 0.25) is 0 Å². The Labute approximate surface area is 161 Å². The minimum atomic E-state index is -1.16. The van der Waals surface area contributed by atoms with Gasteiger partial charge in [-0.2, -0.15) is 0 Å². The molecule has 2 atom stereocenters. The molecule has 0 amide bonds. The highest BCUT2D eigenvalue weighted by Gasteiger charge is 2.31. The van der Waals surface area contributed by atoms with E-state index in [9.17, 15) is 14.4 Å². The summed E-state index contributed by atoms with van der Waals surface area (Å²) in [4.78, 5) is 37.0. The van der Waals surface area contributed by atoms with Gasteiger partial charge in [0.25, 0.3) is 0 Å². The molecule has 6 heteroatoms. The Morgan fingerprint density at radius 1 is 1.00 bits per heavy atom. The van der Waals surface area contributed by atoms with Crippen LogP contribution in [0.5, 0.6) is 0 Å². The minimum absolute atomic E-state index is 0.159. The number of carbonyl (C=O) groups is 3. The van der Waals surface area contributed by atoms with Crippen LogP contribution >= 0.6 is 0 Å². The van der Waals surface area contributed by atoms with Crippen molar-refractivity contribution >= 4 is 17.9 Å². The van der Waals surface area contributed by atoms with Crippen molar-refractivity contribution in [2.45, 2.75) is 59.2 Å². The number of ether oxygens (including phenoxy) is 3. The normalized spacial score (nSPS) is 13.6. The van der Waals surface area contributed by atoms with Crippen molar-refractivity contribution in [3.63, 3.8) is 0 Å². The molecule has 0 saturated carbocycles. The van der Waals surface area contributed by atoms with E-state index in [2.05, 4.69) is 0 Å². The summed E-state index contributed by atoms with van der Waals surface area (Å²) in [6, 6.07) is 8.62. The summed E-state index contributed by atoms with van der Waals surface area (Å²) >= 11 is 0. The maximum Gasteiger partial charge on any atom is 0.351 e. The smallest absolute Gasteiger partial charge is 0.351 e. The van der Waals surface area contributed by atoms with Crippen molar-refractivity contribution < 1.29 is 28.6 Å². The number of hydrogen-bond donors (Lipinski definition) is 0. The molecule has 0 radical (unpaired) electrons. The fourth-order valence-electron chi connectivity index (χ4n) is 2.58. The molecule has 27 heavy (non-hydrogen) atoms. The third-order valence-electron chi connectivity index (χ3n) is 3.68. The van der Waals surface area contributed by atoms with E-state index in [1.807, 2.05) is 13.8 Å². The minimum Gasteiger partial charge on any atom is -0.466 e. The van der Waals surface area contributed by atoms with E-state index in [4.69, 9.17) is 14.2 Å². The fraction of sp³-hybridized carbons (Fsp3) is 0.571. The van der Waals surface area contributed by atoms with E-state index < -0.39 is 35.5 Å². The Morgan fingerprint density at radius 2 is 1.59 bits per heavy atom. The predicted molar refractivity (Wildman–Crippen MR) is 101 cm³/mol. The Kier molecular flexibility index (Phi) is 8.47. The standard InChI is InChI=1S/C21H30O6/c1-14(2)12-16(19(23)27-21(3,4)5)13-17(22)26-18(20(24)25-6)15-10-8-7-9-11-15/h7-11,14,16,18H,12-13H2,1-6H3/t16-,18?/m1/s1. The SMILES string of the molecule is COC(=O)C(OC(=O)C[C@@H](CC(C)C)C(=O)OC(C)(C)C)c1ccccc1. The maximum absolute atomic E-state index is 12.5. The quantitative estimate of drug-likeness (QED) is 0.505. The molecule has 0 N–H and O–H groups in total. The molecule has 0 saturated heterocycles. The second-order valence-electron chi connectivity index (χ2n) is 7.87. The highest BCUT2D eigenvalue weighted by molar-refractivity contribution is 5.83. The van der Waals surface area contributed by atoms with Gasteiger partial charge in [0.05, 0.1) is 19.4 Å². The van der Waals surface area contributed by atoms with E-state index in [1.54, 1.807) is 51.1 Å². The van der Waals surface area contributed by atoms with E-state index in [0.717, 1.165) is 0 Å². The molecule has 1 aromatic rings. The second kappa shape index (κ2) is 10.1. The summed E-state index contributed by atoms with van der Waals surface area (Å²) in [6.07, 6.45) is -0.840. The zero-order chi connectivity index (χ0) is 20.6. The molecule has 1 aromatic carbocycles. The summed E-state index contributed by atoms with van der Waals surface area (Å²) in [6.45, 7) is 9.25. The lowest BCUT2D eigenvalue weighted by atomic mass is 9.94. The third-order valence-corrected chi connectivity index (χ3v) is 3.68. The van der Waals surface area contributed by atoms with Crippen LogP contribution in [0.1, 0.15) is 59.1 Å². The highest BCUT2D eigenvalue weighted by atomic mass is 16.6. The van der Waals surface area contributed by atoms with Gasteiger partial charge in [-0.25, -0.2) is 4.79 Å². The lowest BCUT2D eigenvalue weighted by Crippen LogP contribution is -2.31. The summed E-state index contributed by atoms with van der Waals surface area (Å²) in [5.74, 6) is -2.20. The van der Waals surface area contributed by atoms with Gasteiger partial charge in [0.1, 0.15) is 5.60 Å². The van der Waals surface area contributed by atoms with Gasteiger partial charge >= 0.3 is 17.9 Å². The van der Waals surface area contributed by atoms with Gasteiger partial charge in [-0.1, -0.05) is 44.2 Å². The van der Waals surface area contributed by atoms with Gasteiger partial charge in [0, 0.05) is 5.56 Å². The molecule has 0 heterocycles. The zero-order valence-electron chi connectivity index (χ0n) is 17.0. The summed E-state index contributed by atoms with van der Waals surface area (Å²) in [7, 11) is 1.23. The molecule has 150 valence electrons. The Balaban J connectivity index is 2.89. The fourth-order valence-corrected chi connectivity index (χ4v) is 2.58. The Bertz CT molecular complexity index is 630. The predicted octanol–water partition coefficient (Wildman–Crippen LogP) is 3.84. The van der Waals surface area contributed by atoms with Gasteiger partial charge in [-0.05, 0) is 33.1 Å². The van der Waals surface area contributed by atoms with Crippen LogP contribution in [0.4, 0.5) is 0 Å². The lowest BCUT2D eigenvalue weighted by Gasteiger charge is -2.25. The molecule has 0 spiro atoms. The van der Waals surface area contributed by atoms with Gasteiger partial charge < -0.3 is 14.2 Å². The first kappa shape index (κ1) is 22.7. The van der Waals surface area contributed by atoms with Crippen LogP contribution in [0, 0.1) is 11.8 Å². The summed E-state index contributed by atoms with van der Waals surface area (Å²) in [5, 5.41) is 0. The maximum atomic E-state index is 12.5. The van der Waals surface area contributed by atoms with Gasteiger partial charge in [-0.3, -0.25) is 9.59 Å². The molecule has 1 rings (SSSR count). The topological polar surface area (TPSA) is 78.9 Å². The number of carbonyl (C=O) groups excluding carboxylic acids is 3. The van der Waals surface area contributed by atoms with Crippen LogP contribution in [0.3, 0.4) is 0 Å². The van der Waals surface area contributed by atoms with E-state index in [-0.39, 0.29) is 12.3 Å². The zero-order valence-corrected chi connectivity index (χ0v) is 17.0. The highest BCUT2D eigenvalue weighted by Crippen LogP contribution is 2.24. The van der Waals surface area contributed by atoms with Crippen molar-refractivity contribution in [1.82, 2.24) is 0 Å². The molecule has 0 aliphatic rings. The molecule has 6 nitrogen and oxygen atoms in total. The largest absolute Gasteiger partial charge is 0.466 e. The summed E-state index contributed by atoms with van der Waals surface area (Å²) < 4.78 is 15.5. The number of esters is 3. The van der Waals surface area contributed by atoms with Crippen LogP contribution < -0.4 is 0 Å². The van der Waals surface area contributed by atoms with Crippen molar-refractivity contribution in [1.29, 1.82) is 0 Å². The van der Waals surface area contributed by atoms with Crippen molar-refractivity contribution in [2.24, 2.45) is 11.8 Å². The van der Waals surface area contributed by atoms with Crippen LogP contribution in [0.15, 0.2) is 30.3 Å². The number of rotatable bonds is 8. The molecule has 0 aromatic heterocycles. The van der Waals surface area contributed by atoms with Crippen LogP contribution in [0.25, 0.3) is 0 Å². The van der Waals surface area contributed by atoms with E-state index in [0.29, 0.717) is 12.0 Å². The first-order chi connectivity index (χ1) is 12.5. The van der Waals surface area contributed by atoms with Gasteiger partial charge in [0.15, 0.2) is 0 Å². The van der Waals surface area contributed by atoms with Gasteiger partial charge in [0.2, 0.25) is 6.10 Å². The molecule has 0 fully saturated rings. The van der Waals surface area contributed by atoms with Crippen LogP contribution in [-0.4, -0.2) is 30.6 Å². The van der Waals surface area contributed by atoms with E-state index >= 15 is 0 Å². The molecular weight excluding hydrogens is 348 g/mol. The molecule has 0 aliphatic carbocycles. The number of methoxy groups -OCH3 is 1. The van der Waals surface area contributed by atoms with E-state index in [1.165, 1.54) is 7.11 Å². The molecule has 1 unspecified atom stereocenters. The van der Waals surface area contributed by atoms with Crippen LogP contribution in [-0.2, 0) is 28.6 Å². The van der Waals surface area contributed by atoms with Crippen molar-refractivity contribution in [3.8, 4) is 0 Å². The summed E-state index contributed by atoms with van der Waals surface area (Å²) in [5.41, 5.74) is -0.134. The lowest BCUT2D eigenvalue weighted by molar-refractivity contribution is -0.171. The third kappa shape index (κ3) is 8.24. The molecular formula is C21H30O6.